The van der Waals surface area contributed by atoms with Gasteiger partial charge in [0.1, 0.15) is 0 Å². The maximum Gasteiger partial charge on any atom is 0.332 e. The third-order valence-corrected chi connectivity index (χ3v) is 3.44. The lowest BCUT2D eigenvalue weighted by Gasteiger charge is -2.08. The fourth-order valence-electron chi connectivity index (χ4n) is 2.23. The smallest absolute Gasteiger partial charge is 0.332 e. The summed E-state index contributed by atoms with van der Waals surface area (Å²) in [5.74, 6) is -0.294. The van der Waals surface area contributed by atoms with E-state index in [2.05, 4.69) is 9.72 Å². The van der Waals surface area contributed by atoms with Crippen molar-refractivity contribution in [1.29, 1.82) is 0 Å². The van der Waals surface area contributed by atoms with Gasteiger partial charge in [0.05, 0.1) is 13.4 Å². The summed E-state index contributed by atoms with van der Waals surface area (Å²) in [6.45, 7) is 0.267. The fraction of sp³-hybridized carbons (Fsp3) is 0.538. The number of imidazole rings is 1. The van der Waals surface area contributed by atoms with Crippen molar-refractivity contribution < 1.29 is 9.53 Å². The molecule has 0 unspecified atom stereocenters. The van der Waals surface area contributed by atoms with Crippen LogP contribution in [0.4, 0.5) is 0 Å². The van der Waals surface area contributed by atoms with E-state index in [0.717, 1.165) is 0 Å². The van der Waals surface area contributed by atoms with Crippen LogP contribution >= 0.6 is 0 Å². The molecule has 21 heavy (non-hydrogen) atoms. The van der Waals surface area contributed by atoms with Crippen LogP contribution in [-0.4, -0.2) is 31.8 Å². The van der Waals surface area contributed by atoms with Crippen molar-refractivity contribution in [3.63, 3.8) is 0 Å². The van der Waals surface area contributed by atoms with Crippen molar-refractivity contribution in [3.8, 4) is 0 Å². The Hall–Kier alpha value is -2.38. The average molecular weight is 294 g/mol. The van der Waals surface area contributed by atoms with E-state index < -0.39 is 5.69 Å². The molecule has 2 aromatic heterocycles. The predicted octanol–water partition coefficient (Wildman–Crippen LogP) is -0.223. The first-order valence-electron chi connectivity index (χ1n) is 6.65. The molecule has 114 valence electrons. The highest BCUT2D eigenvalue weighted by atomic mass is 16.5. The standard InChI is InChI=1S/C13H18N4O4/c1-15-8-14-11-10(15)12(19)17(13(20)16(11)2)7-5-4-6-9(18)21-3/h8H,4-7H2,1-3H3. The van der Waals surface area contributed by atoms with Crippen LogP contribution in [0.2, 0.25) is 0 Å². The van der Waals surface area contributed by atoms with Crippen molar-refractivity contribution in [3.05, 3.63) is 27.2 Å². The van der Waals surface area contributed by atoms with Gasteiger partial charge in [-0.25, -0.2) is 9.78 Å². The van der Waals surface area contributed by atoms with E-state index in [4.69, 9.17) is 0 Å². The lowest BCUT2D eigenvalue weighted by molar-refractivity contribution is -0.140. The first-order valence-corrected chi connectivity index (χ1v) is 6.65. The number of hydrogen-bond donors (Lipinski definition) is 0. The molecule has 0 radical (unpaired) electrons. The van der Waals surface area contributed by atoms with Crippen LogP contribution < -0.4 is 11.2 Å². The molecule has 0 bridgehead atoms. The fourth-order valence-corrected chi connectivity index (χ4v) is 2.23. The molecule has 0 spiro atoms. The minimum absolute atomic E-state index is 0.267. The Morgan fingerprint density at radius 1 is 1.29 bits per heavy atom. The summed E-state index contributed by atoms with van der Waals surface area (Å²) in [6.07, 6.45) is 2.89. The Morgan fingerprint density at radius 2 is 2.00 bits per heavy atom. The van der Waals surface area contributed by atoms with E-state index in [9.17, 15) is 14.4 Å². The number of rotatable bonds is 5. The normalized spacial score (nSPS) is 11.0. The molecule has 2 rings (SSSR count). The molecule has 0 saturated carbocycles. The number of unbranched alkanes of at least 4 members (excludes halogenated alkanes) is 1. The molecule has 0 aliphatic rings. The van der Waals surface area contributed by atoms with Gasteiger partial charge >= 0.3 is 11.7 Å². The number of esters is 1. The number of carbonyl (C=O) groups excluding carboxylic acids is 1. The van der Waals surface area contributed by atoms with E-state index >= 15 is 0 Å². The Balaban J connectivity index is 2.28. The van der Waals surface area contributed by atoms with Gasteiger partial charge in [0, 0.05) is 27.1 Å². The summed E-state index contributed by atoms with van der Waals surface area (Å²) in [6, 6.07) is 0. The molecule has 0 fully saturated rings. The number of aromatic nitrogens is 4. The molecule has 0 atom stereocenters. The highest BCUT2D eigenvalue weighted by molar-refractivity contribution is 5.70. The number of ether oxygens (including phenoxy) is 1. The molecular formula is C13H18N4O4. The third kappa shape index (κ3) is 2.74. The molecule has 2 heterocycles. The number of fused-ring (bicyclic) bond motifs is 1. The summed E-state index contributed by atoms with van der Waals surface area (Å²) >= 11 is 0. The van der Waals surface area contributed by atoms with E-state index in [1.165, 1.54) is 22.6 Å². The Morgan fingerprint density at radius 3 is 2.67 bits per heavy atom. The van der Waals surface area contributed by atoms with Gasteiger partial charge in [-0.2, -0.15) is 0 Å². The van der Waals surface area contributed by atoms with Gasteiger partial charge in [0.25, 0.3) is 5.56 Å². The SMILES string of the molecule is COC(=O)CCCCn1c(=O)c2c(ncn2C)n(C)c1=O. The summed E-state index contributed by atoms with van der Waals surface area (Å²) in [7, 11) is 4.63. The molecular weight excluding hydrogens is 276 g/mol. The first kappa shape index (κ1) is 15.0. The molecule has 8 nitrogen and oxygen atoms in total. The third-order valence-electron chi connectivity index (χ3n) is 3.44. The molecule has 2 aromatic rings. The minimum atomic E-state index is -0.399. The van der Waals surface area contributed by atoms with Gasteiger partial charge in [-0.15, -0.1) is 0 Å². The summed E-state index contributed by atoms with van der Waals surface area (Å²) in [5.41, 5.74) is 0.0128. The number of carbonyl (C=O) groups is 1. The Labute approximate surface area is 120 Å². The number of nitrogens with zero attached hydrogens (tertiary/aromatic N) is 4. The van der Waals surface area contributed by atoms with Crippen LogP contribution in [0, 0.1) is 0 Å². The van der Waals surface area contributed by atoms with E-state index in [-0.39, 0.29) is 24.5 Å². The second-order valence-corrected chi connectivity index (χ2v) is 4.86. The van der Waals surface area contributed by atoms with Gasteiger partial charge in [0.15, 0.2) is 11.2 Å². The molecule has 0 aromatic carbocycles. The van der Waals surface area contributed by atoms with Crippen molar-refractivity contribution in [2.24, 2.45) is 14.1 Å². The quantitative estimate of drug-likeness (QED) is 0.562. The number of hydrogen-bond acceptors (Lipinski definition) is 5. The van der Waals surface area contributed by atoms with Crippen LogP contribution in [0.25, 0.3) is 11.2 Å². The number of aryl methyl sites for hydroxylation is 2. The maximum atomic E-state index is 12.4. The number of methoxy groups -OCH3 is 1. The van der Waals surface area contributed by atoms with Crippen molar-refractivity contribution in [2.75, 3.05) is 7.11 Å². The maximum absolute atomic E-state index is 12.4. The van der Waals surface area contributed by atoms with Crippen LogP contribution in [-0.2, 0) is 30.2 Å². The van der Waals surface area contributed by atoms with Gasteiger partial charge in [-0.05, 0) is 12.8 Å². The lowest BCUT2D eigenvalue weighted by Crippen LogP contribution is -2.39. The zero-order valence-corrected chi connectivity index (χ0v) is 12.3. The Kier molecular flexibility index (Phi) is 4.25. The second kappa shape index (κ2) is 5.94. The van der Waals surface area contributed by atoms with Crippen molar-refractivity contribution in [2.45, 2.75) is 25.8 Å². The molecule has 0 aliphatic carbocycles. The van der Waals surface area contributed by atoms with Crippen LogP contribution in [0.15, 0.2) is 15.9 Å². The van der Waals surface area contributed by atoms with Crippen LogP contribution in [0.3, 0.4) is 0 Å². The van der Waals surface area contributed by atoms with Gasteiger partial charge in [0.2, 0.25) is 0 Å². The van der Waals surface area contributed by atoms with Gasteiger partial charge in [-0.1, -0.05) is 0 Å². The van der Waals surface area contributed by atoms with E-state index in [1.807, 2.05) is 0 Å². The van der Waals surface area contributed by atoms with Crippen molar-refractivity contribution >= 4 is 17.1 Å². The summed E-state index contributed by atoms with van der Waals surface area (Å²) in [5, 5.41) is 0. The van der Waals surface area contributed by atoms with Crippen molar-refractivity contribution in [1.82, 2.24) is 18.7 Å². The molecule has 0 saturated heterocycles. The largest absolute Gasteiger partial charge is 0.469 e. The first-order chi connectivity index (χ1) is 9.97. The lowest BCUT2D eigenvalue weighted by atomic mass is 10.2. The molecule has 0 aliphatic heterocycles. The topological polar surface area (TPSA) is 88.1 Å². The second-order valence-electron chi connectivity index (χ2n) is 4.86. The minimum Gasteiger partial charge on any atom is -0.469 e. The summed E-state index contributed by atoms with van der Waals surface area (Å²) < 4.78 is 8.69. The average Bonchev–Trinajstić information content (AvgIpc) is 2.86. The molecule has 0 N–H and O–H groups in total. The highest BCUT2D eigenvalue weighted by Crippen LogP contribution is 2.04. The molecule has 0 amide bonds. The van der Waals surface area contributed by atoms with Gasteiger partial charge < -0.3 is 9.30 Å². The van der Waals surface area contributed by atoms with Crippen LogP contribution in [0.1, 0.15) is 19.3 Å². The Bertz CT molecular complexity index is 784. The monoisotopic (exact) mass is 294 g/mol. The van der Waals surface area contributed by atoms with E-state index in [0.29, 0.717) is 24.0 Å². The zero-order chi connectivity index (χ0) is 15.6. The van der Waals surface area contributed by atoms with Crippen LogP contribution in [0.5, 0.6) is 0 Å². The van der Waals surface area contributed by atoms with Gasteiger partial charge in [-0.3, -0.25) is 18.7 Å². The zero-order valence-electron chi connectivity index (χ0n) is 12.3. The summed E-state index contributed by atoms with van der Waals surface area (Å²) in [4.78, 5) is 39.6. The molecule has 8 heteroatoms. The highest BCUT2D eigenvalue weighted by Gasteiger charge is 2.14. The predicted molar refractivity (Wildman–Crippen MR) is 76.1 cm³/mol. The van der Waals surface area contributed by atoms with E-state index in [1.54, 1.807) is 18.7 Å².